The first-order valence-corrected chi connectivity index (χ1v) is 12.6. The molecule has 1 atom stereocenters. The number of nitrogens with zero attached hydrogens (tertiary/aromatic N) is 2. The van der Waals surface area contributed by atoms with Gasteiger partial charge in [0.1, 0.15) is 11.9 Å². The first-order valence-electron chi connectivity index (χ1n) is 10.8. The molecule has 1 aliphatic rings. The van der Waals surface area contributed by atoms with Gasteiger partial charge >= 0.3 is 6.09 Å². The predicted molar refractivity (Wildman–Crippen MR) is 140 cm³/mol. The number of rotatable bonds is 10. The molecule has 34 heavy (non-hydrogen) atoms. The molecule has 6 nitrogen and oxygen atoms in total. The van der Waals surface area contributed by atoms with Gasteiger partial charge in [-0.25, -0.2) is 9.18 Å². The molecule has 1 saturated heterocycles. The van der Waals surface area contributed by atoms with Crippen LogP contribution in [0.3, 0.4) is 0 Å². The lowest BCUT2D eigenvalue weighted by Crippen LogP contribution is -2.33. The first kappa shape index (κ1) is 26.1. The molecule has 2 aromatic rings. The Labute approximate surface area is 215 Å². The minimum absolute atomic E-state index is 0.199. The van der Waals surface area contributed by atoms with E-state index in [0.29, 0.717) is 11.3 Å². The number of halogens is 3. The highest BCUT2D eigenvalue weighted by atomic mass is 79.9. The summed E-state index contributed by atoms with van der Waals surface area (Å²) in [5.74, 6) is -0.620. The van der Waals surface area contributed by atoms with Crippen LogP contribution in [0, 0.1) is 5.82 Å². The third kappa shape index (κ3) is 7.25. The average molecular weight is 595 g/mol. The summed E-state index contributed by atoms with van der Waals surface area (Å²) in [6.07, 6.45) is 3.04. The van der Waals surface area contributed by atoms with E-state index in [0.717, 1.165) is 30.8 Å². The second kappa shape index (κ2) is 12.8. The number of benzene rings is 2. The number of nitrogens with one attached hydrogen (secondary N) is 1. The monoisotopic (exact) mass is 593 g/mol. The van der Waals surface area contributed by atoms with Crippen molar-refractivity contribution in [3.8, 4) is 11.1 Å². The number of amides is 2. The Morgan fingerprint density at radius 2 is 1.85 bits per heavy atom. The van der Waals surface area contributed by atoms with Crippen LogP contribution >= 0.6 is 31.9 Å². The third-order valence-corrected chi connectivity index (χ3v) is 6.04. The minimum Gasteiger partial charge on any atom is -0.442 e. The summed E-state index contributed by atoms with van der Waals surface area (Å²) in [6.45, 7) is 4.22. The first-order chi connectivity index (χ1) is 16.4. The van der Waals surface area contributed by atoms with Crippen LogP contribution in [0.5, 0.6) is 0 Å². The van der Waals surface area contributed by atoms with Crippen molar-refractivity contribution < 1.29 is 18.7 Å². The Hall–Kier alpha value is -2.49. The van der Waals surface area contributed by atoms with Crippen LogP contribution in [0.15, 0.2) is 64.6 Å². The molecule has 0 aliphatic carbocycles. The second-order valence-electron chi connectivity index (χ2n) is 7.83. The van der Waals surface area contributed by atoms with Gasteiger partial charge in [0.05, 0.1) is 18.8 Å². The third-order valence-electron chi connectivity index (χ3n) is 5.29. The Morgan fingerprint density at radius 1 is 1.18 bits per heavy atom. The molecule has 0 bridgehead atoms. The zero-order valence-corrected chi connectivity index (χ0v) is 21.9. The lowest BCUT2D eigenvalue weighted by atomic mass is 10.0. The van der Waals surface area contributed by atoms with E-state index >= 15 is 0 Å². The summed E-state index contributed by atoms with van der Waals surface area (Å²) in [5, 5.41) is 2.63. The van der Waals surface area contributed by atoms with Crippen molar-refractivity contribution in [3.63, 3.8) is 0 Å². The van der Waals surface area contributed by atoms with Gasteiger partial charge < -0.3 is 10.1 Å². The average Bonchev–Trinajstić information content (AvgIpc) is 3.20. The van der Waals surface area contributed by atoms with Gasteiger partial charge in [-0.2, -0.15) is 0 Å². The standard InChI is InChI=1S/C25H26Br2FN3O3/c1-18(32)29-15-22-17-31(25(33)34-22)21-8-9-23(24(28)14-21)20-6-4-19(5-7-20)16-30(12-2-10-26)13-3-11-27/h2-11,14,22H,12-13,15-17H2,1H3,(H,29,32)/b10-2+,11-3+/t22-/m0/s1. The fraction of sp³-hybridized carbons (Fsp3) is 0.280. The molecule has 2 aromatic carbocycles. The van der Waals surface area contributed by atoms with E-state index in [4.69, 9.17) is 4.74 Å². The lowest BCUT2D eigenvalue weighted by molar-refractivity contribution is -0.119. The Balaban J connectivity index is 1.68. The van der Waals surface area contributed by atoms with Crippen LogP contribution in [0.2, 0.25) is 0 Å². The largest absolute Gasteiger partial charge is 0.442 e. The predicted octanol–water partition coefficient (Wildman–Crippen LogP) is 5.57. The van der Waals surface area contributed by atoms with Crippen LogP contribution in [0.4, 0.5) is 14.9 Å². The quantitative estimate of drug-likeness (QED) is 0.390. The number of carbonyl (C=O) groups excluding carboxylic acids is 2. The van der Waals surface area contributed by atoms with Gasteiger partial charge in [-0.15, -0.1) is 0 Å². The van der Waals surface area contributed by atoms with Crippen molar-refractivity contribution in [2.24, 2.45) is 0 Å². The van der Waals surface area contributed by atoms with Crippen LogP contribution in [-0.2, 0) is 16.1 Å². The van der Waals surface area contributed by atoms with Crippen LogP contribution < -0.4 is 10.2 Å². The van der Waals surface area contributed by atoms with Crippen molar-refractivity contribution in [1.29, 1.82) is 0 Å². The molecule has 180 valence electrons. The van der Waals surface area contributed by atoms with Gasteiger partial charge in [0.25, 0.3) is 0 Å². The summed E-state index contributed by atoms with van der Waals surface area (Å²) in [7, 11) is 0. The Kier molecular flexibility index (Phi) is 9.86. The summed E-state index contributed by atoms with van der Waals surface area (Å²) in [4.78, 5) is 30.6. The van der Waals surface area contributed by atoms with Crippen LogP contribution in [-0.4, -0.2) is 49.2 Å². The zero-order chi connectivity index (χ0) is 24.5. The van der Waals surface area contributed by atoms with E-state index in [9.17, 15) is 14.0 Å². The van der Waals surface area contributed by atoms with Crippen molar-refractivity contribution in [2.75, 3.05) is 31.1 Å². The Bertz CT molecular complexity index is 1050. The summed E-state index contributed by atoms with van der Waals surface area (Å²) in [5.41, 5.74) is 2.76. The van der Waals surface area contributed by atoms with Crippen molar-refractivity contribution >= 4 is 49.5 Å². The number of ether oxygens (including phenoxy) is 1. The highest BCUT2D eigenvalue weighted by Crippen LogP contribution is 2.29. The van der Waals surface area contributed by atoms with Gasteiger partial charge in [0.2, 0.25) is 5.91 Å². The molecule has 1 aliphatic heterocycles. The molecule has 1 heterocycles. The van der Waals surface area contributed by atoms with Crippen molar-refractivity contribution in [2.45, 2.75) is 19.6 Å². The van der Waals surface area contributed by atoms with Gasteiger partial charge in [-0.05, 0) is 39.3 Å². The molecule has 0 saturated carbocycles. The number of hydrogen-bond acceptors (Lipinski definition) is 4. The van der Waals surface area contributed by atoms with Crippen LogP contribution in [0.25, 0.3) is 11.1 Å². The van der Waals surface area contributed by atoms with Gasteiger partial charge in [-0.1, -0.05) is 68.3 Å². The highest BCUT2D eigenvalue weighted by molar-refractivity contribution is 9.11. The number of carbonyl (C=O) groups is 2. The molecule has 0 radical (unpaired) electrons. The number of anilines is 1. The van der Waals surface area contributed by atoms with Crippen LogP contribution in [0.1, 0.15) is 12.5 Å². The molecule has 2 amide bonds. The van der Waals surface area contributed by atoms with Crippen molar-refractivity contribution in [1.82, 2.24) is 10.2 Å². The molecule has 0 unspecified atom stereocenters. The molecule has 1 N–H and O–H groups in total. The molecule has 1 fully saturated rings. The van der Waals surface area contributed by atoms with E-state index in [1.807, 2.05) is 46.4 Å². The summed E-state index contributed by atoms with van der Waals surface area (Å²) >= 11 is 6.61. The fourth-order valence-corrected chi connectivity index (χ4v) is 3.97. The van der Waals surface area contributed by atoms with E-state index in [1.165, 1.54) is 17.9 Å². The molecular weight excluding hydrogens is 569 g/mol. The molecule has 0 aromatic heterocycles. The SMILES string of the molecule is CC(=O)NC[C@H]1CN(c2ccc(-c3ccc(CN(C/C=C/Br)C/C=C/Br)cc3)c(F)c2)C(=O)O1. The Morgan fingerprint density at radius 3 is 2.44 bits per heavy atom. The smallest absolute Gasteiger partial charge is 0.414 e. The van der Waals surface area contributed by atoms with E-state index in [2.05, 4.69) is 42.1 Å². The number of hydrogen-bond donors (Lipinski definition) is 1. The molecular formula is C25H26Br2FN3O3. The van der Waals surface area contributed by atoms with E-state index in [-0.39, 0.29) is 19.0 Å². The van der Waals surface area contributed by atoms with Gasteiger partial charge in [0.15, 0.2) is 0 Å². The van der Waals surface area contributed by atoms with Gasteiger partial charge in [-0.3, -0.25) is 14.6 Å². The maximum Gasteiger partial charge on any atom is 0.414 e. The fourth-order valence-electron chi connectivity index (χ4n) is 3.63. The highest BCUT2D eigenvalue weighted by Gasteiger charge is 2.32. The molecule has 0 spiro atoms. The lowest BCUT2D eigenvalue weighted by Gasteiger charge is -2.19. The maximum atomic E-state index is 15.0. The summed E-state index contributed by atoms with van der Waals surface area (Å²) < 4.78 is 20.2. The summed E-state index contributed by atoms with van der Waals surface area (Å²) in [6, 6.07) is 12.5. The normalized spacial score (nSPS) is 16.1. The van der Waals surface area contributed by atoms with Gasteiger partial charge in [0, 0.05) is 32.1 Å². The minimum atomic E-state index is -0.555. The molecule has 3 rings (SSSR count). The molecule has 9 heteroatoms. The van der Waals surface area contributed by atoms with E-state index in [1.54, 1.807) is 12.1 Å². The second-order valence-corrected chi connectivity index (χ2v) is 8.89. The zero-order valence-electron chi connectivity index (χ0n) is 18.7. The maximum absolute atomic E-state index is 15.0. The van der Waals surface area contributed by atoms with Crippen molar-refractivity contribution in [3.05, 3.63) is 76.0 Å². The topological polar surface area (TPSA) is 61.9 Å². The van der Waals surface area contributed by atoms with E-state index < -0.39 is 18.0 Å². The number of cyclic esters (lactones) is 1.